The molecule has 1 fully saturated rings. The third-order valence-corrected chi connectivity index (χ3v) is 4.66. The Morgan fingerprint density at radius 1 is 1.50 bits per heavy atom. The molecule has 0 aromatic carbocycles. The fourth-order valence-corrected chi connectivity index (χ4v) is 3.22. The van der Waals surface area contributed by atoms with Crippen LogP contribution in [0.4, 0.5) is 0 Å². The summed E-state index contributed by atoms with van der Waals surface area (Å²) in [6, 6.07) is 3.56. The van der Waals surface area contributed by atoms with Crippen molar-refractivity contribution in [3.05, 3.63) is 23.5 Å². The minimum atomic E-state index is -0.191. The topological polar surface area (TPSA) is 92.2 Å². The van der Waals surface area contributed by atoms with Crippen LogP contribution in [-0.4, -0.2) is 53.2 Å². The van der Waals surface area contributed by atoms with Gasteiger partial charge in [-0.25, -0.2) is 0 Å². The number of hydrogen-bond donors (Lipinski definition) is 3. The lowest BCUT2D eigenvalue weighted by molar-refractivity contribution is 0.0547. The molecule has 6 nitrogen and oxygen atoms in total. The van der Waals surface area contributed by atoms with Crippen molar-refractivity contribution < 1.29 is 9.90 Å². The van der Waals surface area contributed by atoms with Crippen molar-refractivity contribution in [2.45, 2.75) is 37.6 Å². The fourth-order valence-electron chi connectivity index (χ4n) is 3.22. The number of β-amino-alcohol motifs (C(OH)–C–C–N with tert-alkyl or cyclic N) is 1. The molecule has 6 heteroatoms. The van der Waals surface area contributed by atoms with Crippen LogP contribution in [0.5, 0.6) is 0 Å². The van der Waals surface area contributed by atoms with Gasteiger partial charge in [0.2, 0.25) is 0 Å². The largest absolute Gasteiger partial charge is 0.395 e. The number of H-pyrrole nitrogens is 1. The van der Waals surface area contributed by atoms with Crippen LogP contribution in [-0.2, 0) is 0 Å². The first-order valence-corrected chi connectivity index (χ1v) is 7.80. The lowest BCUT2D eigenvalue weighted by Crippen LogP contribution is -2.56. The molecular weight excluding hydrogens is 280 g/mol. The van der Waals surface area contributed by atoms with Gasteiger partial charge in [-0.15, -0.1) is 0 Å². The van der Waals surface area contributed by atoms with E-state index in [2.05, 4.69) is 15.2 Å². The standard InChI is InChI=1S/C16H24N4O2/c1-20(7-8-21)16(5-3-2-4-6-16)12-19-15(22)14-9-13(10-17)11-18-14/h9,11,18,21H,2-8,12H2,1H3,(H,19,22). The fraction of sp³-hybridized carbons (Fsp3) is 0.625. The van der Waals surface area contributed by atoms with Gasteiger partial charge in [0.1, 0.15) is 11.8 Å². The lowest BCUT2D eigenvalue weighted by Gasteiger charge is -2.44. The molecule has 1 saturated carbocycles. The third-order valence-electron chi connectivity index (χ3n) is 4.66. The van der Waals surface area contributed by atoms with E-state index in [0.717, 1.165) is 25.7 Å². The maximum absolute atomic E-state index is 12.2. The van der Waals surface area contributed by atoms with E-state index in [0.29, 0.717) is 24.3 Å². The maximum atomic E-state index is 12.2. The predicted octanol–water partition coefficient (Wildman–Crippen LogP) is 1.24. The van der Waals surface area contributed by atoms with E-state index < -0.39 is 0 Å². The van der Waals surface area contributed by atoms with Gasteiger partial charge in [0.25, 0.3) is 5.91 Å². The van der Waals surface area contributed by atoms with E-state index >= 15 is 0 Å². The number of nitriles is 1. The Bertz CT molecular complexity index is 541. The van der Waals surface area contributed by atoms with Crippen LogP contribution in [0.3, 0.4) is 0 Å². The van der Waals surface area contributed by atoms with Crippen LogP contribution >= 0.6 is 0 Å². The van der Waals surface area contributed by atoms with Crippen molar-refractivity contribution in [2.24, 2.45) is 0 Å². The summed E-state index contributed by atoms with van der Waals surface area (Å²) in [6.07, 6.45) is 7.10. The summed E-state index contributed by atoms with van der Waals surface area (Å²) in [4.78, 5) is 17.2. The van der Waals surface area contributed by atoms with Crippen LogP contribution < -0.4 is 5.32 Å². The summed E-state index contributed by atoms with van der Waals surface area (Å²) in [5, 5.41) is 21.0. The second-order valence-electron chi connectivity index (χ2n) is 6.03. The number of carbonyl (C=O) groups is 1. The summed E-state index contributed by atoms with van der Waals surface area (Å²) >= 11 is 0. The molecule has 0 bridgehead atoms. The van der Waals surface area contributed by atoms with E-state index in [1.807, 2.05) is 13.1 Å². The zero-order valence-electron chi connectivity index (χ0n) is 13.1. The Balaban J connectivity index is 2.01. The van der Waals surface area contributed by atoms with E-state index in [9.17, 15) is 9.90 Å². The Morgan fingerprint density at radius 2 is 2.23 bits per heavy atom. The van der Waals surface area contributed by atoms with Crippen LogP contribution in [0.25, 0.3) is 0 Å². The SMILES string of the molecule is CN(CCO)C1(CNC(=O)c2cc(C#N)c[nH]2)CCCCC1. The second kappa shape index (κ2) is 7.43. The molecule has 1 aromatic heterocycles. The molecule has 1 amide bonds. The first kappa shape index (κ1) is 16.5. The third kappa shape index (κ3) is 3.67. The van der Waals surface area contributed by atoms with Crippen molar-refractivity contribution >= 4 is 5.91 Å². The maximum Gasteiger partial charge on any atom is 0.267 e. The quantitative estimate of drug-likeness (QED) is 0.737. The van der Waals surface area contributed by atoms with Gasteiger partial charge in [-0.2, -0.15) is 5.26 Å². The molecule has 2 rings (SSSR count). The number of nitrogens with zero attached hydrogens (tertiary/aromatic N) is 2. The second-order valence-corrected chi connectivity index (χ2v) is 6.03. The van der Waals surface area contributed by atoms with Gasteiger partial charge in [0.15, 0.2) is 0 Å². The normalized spacial score (nSPS) is 17.2. The Labute approximate surface area is 131 Å². The lowest BCUT2D eigenvalue weighted by atomic mass is 9.80. The van der Waals surface area contributed by atoms with Gasteiger partial charge in [0.05, 0.1) is 12.2 Å². The Morgan fingerprint density at radius 3 is 2.82 bits per heavy atom. The number of likely N-dealkylation sites (N-methyl/N-ethyl adjacent to an activating group) is 1. The molecule has 1 heterocycles. The summed E-state index contributed by atoms with van der Waals surface area (Å²) in [6.45, 7) is 1.29. The highest BCUT2D eigenvalue weighted by Crippen LogP contribution is 2.32. The van der Waals surface area contributed by atoms with Crippen molar-refractivity contribution in [2.75, 3.05) is 26.7 Å². The van der Waals surface area contributed by atoms with Crippen LogP contribution in [0.2, 0.25) is 0 Å². The van der Waals surface area contributed by atoms with Gasteiger partial charge < -0.3 is 15.4 Å². The Hall–Kier alpha value is -1.84. The van der Waals surface area contributed by atoms with E-state index in [1.54, 1.807) is 6.07 Å². The zero-order chi connectivity index (χ0) is 16.0. The van der Waals surface area contributed by atoms with Crippen molar-refractivity contribution in [3.8, 4) is 6.07 Å². The molecule has 22 heavy (non-hydrogen) atoms. The number of amides is 1. The van der Waals surface area contributed by atoms with Crippen LogP contribution in [0.15, 0.2) is 12.3 Å². The van der Waals surface area contributed by atoms with E-state index in [-0.39, 0.29) is 18.1 Å². The number of rotatable bonds is 6. The average Bonchev–Trinajstić information content (AvgIpc) is 3.03. The van der Waals surface area contributed by atoms with Crippen LogP contribution in [0, 0.1) is 11.3 Å². The van der Waals surface area contributed by atoms with Gasteiger partial charge >= 0.3 is 0 Å². The predicted molar refractivity (Wildman–Crippen MR) is 83.4 cm³/mol. The Kier molecular flexibility index (Phi) is 5.58. The first-order valence-electron chi connectivity index (χ1n) is 7.80. The number of hydrogen-bond acceptors (Lipinski definition) is 4. The van der Waals surface area contributed by atoms with Gasteiger partial charge in [-0.05, 0) is 26.0 Å². The molecule has 0 spiro atoms. The number of aromatic nitrogens is 1. The van der Waals surface area contributed by atoms with Crippen molar-refractivity contribution in [3.63, 3.8) is 0 Å². The van der Waals surface area contributed by atoms with E-state index in [4.69, 9.17) is 5.26 Å². The highest BCUT2D eigenvalue weighted by molar-refractivity contribution is 5.92. The highest BCUT2D eigenvalue weighted by atomic mass is 16.3. The number of nitrogens with one attached hydrogen (secondary N) is 2. The molecule has 1 aliphatic rings. The van der Waals surface area contributed by atoms with Crippen molar-refractivity contribution in [1.29, 1.82) is 5.26 Å². The molecule has 120 valence electrons. The molecule has 0 radical (unpaired) electrons. The first-order chi connectivity index (χ1) is 10.6. The summed E-state index contributed by atoms with van der Waals surface area (Å²) in [7, 11) is 2.01. The summed E-state index contributed by atoms with van der Waals surface area (Å²) in [5.74, 6) is -0.191. The summed E-state index contributed by atoms with van der Waals surface area (Å²) < 4.78 is 0. The van der Waals surface area contributed by atoms with Gasteiger partial charge in [-0.1, -0.05) is 19.3 Å². The number of carbonyl (C=O) groups excluding carboxylic acids is 1. The van der Waals surface area contributed by atoms with Crippen LogP contribution in [0.1, 0.15) is 48.2 Å². The monoisotopic (exact) mass is 304 g/mol. The number of aliphatic hydroxyl groups is 1. The van der Waals surface area contributed by atoms with E-state index in [1.165, 1.54) is 12.6 Å². The average molecular weight is 304 g/mol. The summed E-state index contributed by atoms with van der Waals surface area (Å²) in [5.41, 5.74) is 0.781. The zero-order valence-corrected chi connectivity index (χ0v) is 13.1. The van der Waals surface area contributed by atoms with Gasteiger partial charge in [-0.3, -0.25) is 9.69 Å². The molecule has 0 aliphatic heterocycles. The number of aromatic amines is 1. The van der Waals surface area contributed by atoms with Gasteiger partial charge in [0, 0.05) is 24.8 Å². The number of aliphatic hydroxyl groups excluding tert-OH is 1. The molecule has 1 aliphatic carbocycles. The molecule has 0 atom stereocenters. The molecule has 3 N–H and O–H groups in total. The van der Waals surface area contributed by atoms with Crippen molar-refractivity contribution in [1.82, 2.24) is 15.2 Å². The molecule has 0 saturated heterocycles. The smallest absolute Gasteiger partial charge is 0.267 e. The molecule has 1 aromatic rings. The molecule has 0 unspecified atom stereocenters. The minimum absolute atomic E-state index is 0.0821. The highest BCUT2D eigenvalue weighted by Gasteiger charge is 2.36. The molecular formula is C16H24N4O2. The minimum Gasteiger partial charge on any atom is -0.395 e.